The van der Waals surface area contributed by atoms with Crippen LogP contribution in [0, 0.1) is 0 Å². The molecule has 1 aliphatic carbocycles. The number of thiazole rings is 1. The van der Waals surface area contributed by atoms with Crippen molar-refractivity contribution in [2.24, 2.45) is 0 Å². The molecule has 18 heavy (non-hydrogen) atoms. The highest BCUT2D eigenvalue weighted by atomic mass is 32.1. The molecule has 0 saturated heterocycles. The maximum Gasteiger partial charge on any atom is 0.406 e. The Bertz CT molecular complexity index is 440. The molecule has 1 aromatic heterocycles. The molecule has 1 saturated carbocycles. The molecule has 3 nitrogen and oxygen atoms in total. The average Bonchev–Trinajstić information content (AvgIpc) is 3.04. The van der Waals surface area contributed by atoms with Gasteiger partial charge in [0.2, 0.25) is 0 Å². The Balaban J connectivity index is 2.25. The lowest BCUT2D eigenvalue weighted by molar-refractivity contribution is -0.120. The number of anilines is 1. The molecule has 1 heterocycles. The molecule has 1 aliphatic rings. The van der Waals surface area contributed by atoms with Crippen LogP contribution in [0.1, 0.15) is 35.1 Å². The Morgan fingerprint density at radius 3 is 2.56 bits per heavy atom. The largest absolute Gasteiger partial charge is 0.406 e. The molecule has 1 aromatic rings. The van der Waals surface area contributed by atoms with Crippen molar-refractivity contribution in [1.29, 1.82) is 0 Å². The van der Waals surface area contributed by atoms with E-state index in [2.05, 4.69) is 4.98 Å². The number of hydrogen-bond donors (Lipinski definition) is 0. The standard InChI is InChI=1S/C11H13F3N2OS/c1-2-8-9(5-17)18-10(15-8)16(7-3-4-7)6-11(12,13)14/h5,7H,2-4,6H2,1H3. The van der Waals surface area contributed by atoms with Crippen molar-refractivity contribution in [1.82, 2.24) is 4.98 Å². The summed E-state index contributed by atoms with van der Waals surface area (Å²) >= 11 is 1.05. The van der Waals surface area contributed by atoms with Crippen molar-refractivity contribution in [3.63, 3.8) is 0 Å². The van der Waals surface area contributed by atoms with Gasteiger partial charge in [0.15, 0.2) is 11.4 Å². The molecule has 0 N–H and O–H groups in total. The highest BCUT2D eigenvalue weighted by Crippen LogP contribution is 2.37. The minimum Gasteiger partial charge on any atom is -0.336 e. The first-order valence-corrected chi connectivity index (χ1v) is 6.54. The average molecular weight is 278 g/mol. The van der Waals surface area contributed by atoms with Gasteiger partial charge in [-0.25, -0.2) is 4.98 Å². The minimum atomic E-state index is -4.25. The van der Waals surface area contributed by atoms with E-state index < -0.39 is 12.7 Å². The van der Waals surface area contributed by atoms with Crippen LogP contribution in [-0.2, 0) is 6.42 Å². The molecular weight excluding hydrogens is 265 g/mol. The summed E-state index contributed by atoms with van der Waals surface area (Å²) in [4.78, 5) is 16.7. The number of carbonyl (C=O) groups excluding carboxylic acids is 1. The first-order chi connectivity index (χ1) is 8.44. The van der Waals surface area contributed by atoms with E-state index in [1.165, 1.54) is 4.90 Å². The lowest BCUT2D eigenvalue weighted by Crippen LogP contribution is -2.35. The quantitative estimate of drug-likeness (QED) is 0.776. The second-order valence-corrected chi connectivity index (χ2v) is 5.26. The zero-order chi connectivity index (χ0) is 13.3. The predicted molar refractivity (Wildman–Crippen MR) is 63.3 cm³/mol. The normalized spacial score (nSPS) is 15.8. The Morgan fingerprint density at radius 1 is 1.50 bits per heavy atom. The number of rotatable bonds is 5. The predicted octanol–water partition coefficient (Wildman–Crippen LogP) is 3.05. The molecule has 0 atom stereocenters. The minimum absolute atomic E-state index is 0.0815. The SMILES string of the molecule is CCc1nc(N(CC(F)(F)F)C2CC2)sc1C=O. The van der Waals surface area contributed by atoms with Gasteiger partial charge < -0.3 is 4.90 Å². The number of aldehydes is 1. The third-order valence-electron chi connectivity index (χ3n) is 2.74. The van der Waals surface area contributed by atoms with Crippen molar-refractivity contribution >= 4 is 22.8 Å². The highest BCUT2D eigenvalue weighted by molar-refractivity contribution is 7.17. The van der Waals surface area contributed by atoms with Gasteiger partial charge in [-0.05, 0) is 19.3 Å². The van der Waals surface area contributed by atoms with Gasteiger partial charge in [0.1, 0.15) is 6.54 Å². The van der Waals surface area contributed by atoms with Crippen molar-refractivity contribution in [2.45, 2.75) is 38.4 Å². The first-order valence-electron chi connectivity index (χ1n) is 5.73. The van der Waals surface area contributed by atoms with Crippen LogP contribution in [0.15, 0.2) is 0 Å². The number of nitrogens with zero attached hydrogens (tertiary/aromatic N) is 2. The van der Waals surface area contributed by atoms with Crippen molar-refractivity contribution in [3.05, 3.63) is 10.6 Å². The maximum atomic E-state index is 12.5. The molecule has 0 amide bonds. The van der Waals surface area contributed by atoms with Gasteiger partial charge in [0.25, 0.3) is 0 Å². The lowest BCUT2D eigenvalue weighted by atomic mass is 10.3. The second-order valence-electron chi connectivity index (χ2n) is 4.25. The van der Waals surface area contributed by atoms with E-state index in [1.807, 2.05) is 6.92 Å². The molecule has 0 radical (unpaired) electrons. The van der Waals surface area contributed by atoms with E-state index in [4.69, 9.17) is 0 Å². The highest BCUT2D eigenvalue weighted by Gasteiger charge is 2.39. The van der Waals surface area contributed by atoms with Crippen LogP contribution in [0.3, 0.4) is 0 Å². The van der Waals surface area contributed by atoms with Gasteiger partial charge >= 0.3 is 6.18 Å². The molecule has 0 aliphatic heterocycles. The van der Waals surface area contributed by atoms with E-state index in [0.29, 0.717) is 28.4 Å². The fourth-order valence-electron chi connectivity index (χ4n) is 1.75. The van der Waals surface area contributed by atoms with Crippen molar-refractivity contribution in [3.8, 4) is 0 Å². The molecular formula is C11H13F3N2OS. The van der Waals surface area contributed by atoms with Gasteiger partial charge in [-0.3, -0.25) is 4.79 Å². The summed E-state index contributed by atoms with van der Waals surface area (Å²) in [5.74, 6) is 0. The van der Waals surface area contributed by atoms with Crippen molar-refractivity contribution in [2.75, 3.05) is 11.4 Å². The number of aryl methyl sites for hydroxylation is 1. The molecule has 0 bridgehead atoms. The zero-order valence-corrected chi connectivity index (χ0v) is 10.6. The van der Waals surface area contributed by atoms with Gasteiger partial charge in [-0.15, -0.1) is 0 Å². The molecule has 7 heteroatoms. The lowest BCUT2D eigenvalue weighted by Gasteiger charge is -2.22. The van der Waals surface area contributed by atoms with E-state index in [1.54, 1.807) is 0 Å². The third kappa shape index (κ3) is 3.01. The van der Waals surface area contributed by atoms with Crippen LogP contribution in [0.2, 0.25) is 0 Å². The molecule has 100 valence electrons. The molecule has 2 rings (SSSR count). The number of carbonyl (C=O) groups is 1. The van der Waals surface area contributed by atoms with E-state index >= 15 is 0 Å². The summed E-state index contributed by atoms with van der Waals surface area (Å²) in [5.41, 5.74) is 0.581. The van der Waals surface area contributed by atoms with Crippen LogP contribution in [0.25, 0.3) is 0 Å². The molecule has 1 fully saturated rings. The monoisotopic (exact) mass is 278 g/mol. The molecule has 0 aromatic carbocycles. The number of alkyl halides is 3. The van der Waals surface area contributed by atoms with Crippen LogP contribution in [-0.4, -0.2) is 30.0 Å². The Kier molecular flexibility index (Phi) is 3.61. The van der Waals surface area contributed by atoms with Crippen LogP contribution < -0.4 is 4.90 Å². The van der Waals surface area contributed by atoms with Gasteiger partial charge in [0.05, 0.1) is 10.6 Å². The van der Waals surface area contributed by atoms with Crippen LogP contribution in [0.5, 0.6) is 0 Å². The molecule has 0 unspecified atom stereocenters. The Hall–Kier alpha value is -1.11. The van der Waals surface area contributed by atoms with Crippen LogP contribution in [0.4, 0.5) is 18.3 Å². The summed E-state index contributed by atoms with van der Waals surface area (Å²) in [5, 5.41) is 0.314. The maximum absolute atomic E-state index is 12.5. The van der Waals surface area contributed by atoms with Gasteiger partial charge in [-0.2, -0.15) is 13.2 Å². The zero-order valence-electron chi connectivity index (χ0n) is 9.83. The number of aromatic nitrogens is 1. The van der Waals surface area contributed by atoms with Crippen molar-refractivity contribution < 1.29 is 18.0 Å². The fourth-order valence-corrected chi connectivity index (χ4v) is 2.79. The fraction of sp³-hybridized carbons (Fsp3) is 0.636. The summed E-state index contributed by atoms with van der Waals surface area (Å²) < 4.78 is 37.5. The van der Waals surface area contributed by atoms with Gasteiger partial charge in [-0.1, -0.05) is 18.3 Å². The summed E-state index contributed by atoms with van der Waals surface area (Å²) in [7, 11) is 0. The summed E-state index contributed by atoms with van der Waals surface area (Å²) in [6, 6.07) is -0.0815. The Labute approximate surface area is 107 Å². The molecule has 0 spiro atoms. The summed E-state index contributed by atoms with van der Waals surface area (Å²) in [6.45, 7) is 0.837. The Morgan fingerprint density at radius 2 is 2.17 bits per heavy atom. The number of halogens is 3. The number of hydrogen-bond acceptors (Lipinski definition) is 4. The summed E-state index contributed by atoms with van der Waals surface area (Å²) in [6.07, 6.45) is -1.52. The van der Waals surface area contributed by atoms with E-state index in [0.717, 1.165) is 24.2 Å². The van der Waals surface area contributed by atoms with Crippen LogP contribution >= 0.6 is 11.3 Å². The van der Waals surface area contributed by atoms with Gasteiger partial charge in [0, 0.05) is 6.04 Å². The third-order valence-corrected chi connectivity index (χ3v) is 3.80. The topological polar surface area (TPSA) is 33.2 Å². The first kappa shape index (κ1) is 13.3. The van der Waals surface area contributed by atoms with E-state index in [9.17, 15) is 18.0 Å². The second kappa shape index (κ2) is 4.87. The van der Waals surface area contributed by atoms with E-state index in [-0.39, 0.29) is 6.04 Å². The smallest absolute Gasteiger partial charge is 0.336 e.